The fraction of sp³-hybridized carbons (Fsp3) is 0.400. The number of rotatable bonds is 4. The standard InChI is InChI=1S/C10H12N2OS2/c1-7-5-8-9(14-4-2-3-13)11-6-12-10(8)15-7/h5-6,13H,2-4H2,1H3. The fourth-order valence-electron chi connectivity index (χ4n) is 1.30. The molecule has 0 fully saturated rings. The molecule has 2 heterocycles. The van der Waals surface area contributed by atoms with Gasteiger partial charge in [-0.2, -0.15) is 0 Å². The molecule has 0 amide bonds. The predicted octanol–water partition coefficient (Wildman–Crippen LogP) is 2.47. The molecule has 2 rings (SSSR count). The van der Waals surface area contributed by atoms with Gasteiger partial charge in [-0.05, 0) is 19.4 Å². The highest BCUT2D eigenvalue weighted by Crippen LogP contribution is 2.30. The largest absolute Gasteiger partial charge is 0.396 e. The first-order valence-corrected chi connectivity index (χ1v) is 6.56. The molecule has 0 unspecified atom stereocenters. The molecule has 3 nitrogen and oxygen atoms in total. The summed E-state index contributed by atoms with van der Waals surface area (Å²) >= 11 is 3.38. The lowest BCUT2D eigenvalue weighted by Gasteiger charge is -1.99. The van der Waals surface area contributed by atoms with Gasteiger partial charge in [0.15, 0.2) is 0 Å². The third-order valence-corrected chi connectivity index (χ3v) is 4.01. The topological polar surface area (TPSA) is 46.0 Å². The average Bonchev–Trinajstić information content (AvgIpc) is 2.59. The van der Waals surface area contributed by atoms with E-state index < -0.39 is 0 Å². The monoisotopic (exact) mass is 240 g/mol. The van der Waals surface area contributed by atoms with Gasteiger partial charge in [-0.1, -0.05) is 0 Å². The van der Waals surface area contributed by atoms with E-state index in [1.54, 1.807) is 29.4 Å². The van der Waals surface area contributed by atoms with Crippen molar-refractivity contribution in [2.45, 2.75) is 18.4 Å². The molecule has 0 saturated heterocycles. The summed E-state index contributed by atoms with van der Waals surface area (Å²) in [7, 11) is 0. The molecule has 0 radical (unpaired) electrons. The number of nitrogens with zero attached hydrogens (tertiary/aromatic N) is 2. The molecule has 0 aromatic carbocycles. The lowest BCUT2D eigenvalue weighted by atomic mass is 10.4. The lowest BCUT2D eigenvalue weighted by molar-refractivity contribution is 0.296. The van der Waals surface area contributed by atoms with Crippen molar-refractivity contribution in [1.82, 2.24) is 9.97 Å². The molecule has 0 bridgehead atoms. The first-order chi connectivity index (χ1) is 7.31. The van der Waals surface area contributed by atoms with Gasteiger partial charge in [0.1, 0.15) is 16.2 Å². The minimum atomic E-state index is 0.240. The zero-order valence-electron chi connectivity index (χ0n) is 8.43. The van der Waals surface area contributed by atoms with Gasteiger partial charge in [0.25, 0.3) is 0 Å². The summed E-state index contributed by atoms with van der Waals surface area (Å²) < 4.78 is 0. The number of fused-ring (bicyclic) bond motifs is 1. The van der Waals surface area contributed by atoms with Crippen molar-refractivity contribution < 1.29 is 5.11 Å². The quantitative estimate of drug-likeness (QED) is 0.506. The van der Waals surface area contributed by atoms with Gasteiger partial charge in [0.05, 0.1) is 0 Å². The van der Waals surface area contributed by atoms with Crippen LogP contribution in [0.4, 0.5) is 0 Å². The van der Waals surface area contributed by atoms with E-state index in [0.717, 1.165) is 27.4 Å². The molecule has 0 atom stereocenters. The molecule has 5 heteroatoms. The van der Waals surface area contributed by atoms with Crippen LogP contribution >= 0.6 is 23.1 Å². The van der Waals surface area contributed by atoms with Gasteiger partial charge in [-0.25, -0.2) is 9.97 Å². The molecule has 1 N–H and O–H groups in total. The first-order valence-electron chi connectivity index (χ1n) is 4.76. The van der Waals surface area contributed by atoms with Crippen LogP contribution in [0, 0.1) is 6.92 Å². The normalized spacial score (nSPS) is 11.1. The number of aromatic nitrogens is 2. The van der Waals surface area contributed by atoms with E-state index in [9.17, 15) is 0 Å². The van der Waals surface area contributed by atoms with Crippen LogP contribution in [0.5, 0.6) is 0 Å². The second-order valence-electron chi connectivity index (χ2n) is 3.18. The summed E-state index contributed by atoms with van der Waals surface area (Å²) in [5, 5.41) is 10.9. The molecule has 0 aliphatic rings. The third kappa shape index (κ3) is 2.48. The second-order valence-corrected chi connectivity index (χ2v) is 5.50. The first kappa shape index (κ1) is 10.9. The number of aliphatic hydroxyl groups excluding tert-OH is 1. The predicted molar refractivity (Wildman–Crippen MR) is 64.6 cm³/mol. The molecular weight excluding hydrogens is 228 g/mol. The van der Waals surface area contributed by atoms with Crippen molar-refractivity contribution in [3.05, 3.63) is 17.3 Å². The molecule has 80 valence electrons. The molecule has 2 aromatic heterocycles. The Hall–Kier alpha value is -0.650. The van der Waals surface area contributed by atoms with Gasteiger partial charge in [0.2, 0.25) is 0 Å². The van der Waals surface area contributed by atoms with Crippen LogP contribution in [0.1, 0.15) is 11.3 Å². The van der Waals surface area contributed by atoms with E-state index >= 15 is 0 Å². The summed E-state index contributed by atoms with van der Waals surface area (Å²) in [4.78, 5) is 10.8. The molecular formula is C10H12N2OS2. The molecule has 0 aliphatic heterocycles. The Labute approximate surface area is 96.6 Å². The van der Waals surface area contributed by atoms with Gasteiger partial charge in [-0.15, -0.1) is 23.1 Å². The van der Waals surface area contributed by atoms with Crippen LogP contribution < -0.4 is 0 Å². The van der Waals surface area contributed by atoms with E-state index in [-0.39, 0.29) is 6.61 Å². The smallest absolute Gasteiger partial charge is 0.128 e. The van der Waals surface area contributed by atoms with Crippen molar-refractivity contribution in [3.63, 3.8) is 0 Å². The minimum Gasteiger partial charge on any atom is -0.396 e. The Balaban J connectivity index is 2.25. The van der Waals surface area contributed by atoms with Gasteiger partial charge >= 0.3 is 0 Å². The zero-order valence-corrected chi connectivity index (χ0v) is 10.1. The van der Waals surface area contributed by atoms with Crippen LogP contribution in [-0.4, -0.2) is 27.4 Å². The number of aryl methyl sites for hydroxylation is 1. The van der Waals surface area contributed by atoms with Crippen molar-refractivity contribution in [1.29, 1.82) is 0 Å². The number of thioether (sulfide) groups is 1. The highest BCUT2D eigenvalue weighted by atomic mass is 32.2. The van der Waals surface area contributed by atoms with E-state index in [4.69, 9.17) is 5.11 Å². The highest BCUT2D eigenvalue weighted by molar-refractivity contribution is 7.99. The summed E-state index contributed by atoms with van der Waals surface area (Å²) in [5.74, 6) is 0.900. The maximum absolute atomic E-state index is 8.72. The SMILES string of the molecule is Cc1cc2c(SCCCO)ncnc2s1. The molecule has 15 heavy (non-hydrogen) atoms. The lowest BCUT2D eigenvalue weighted by Crippen LogP contribution is -1.88. The van der Waals surface area contributed by atoms with Crippen LogP contribution in [-0.2, 0) is 0 Å². The van der Waals surface area contributed by atoms with Crippen LogP contribution in [0.3, 0.4) is 0 Å². The number of hydrogen-bond donors (Lipinski definition) is 1. The average molecular weight is 240 g/mol. The van der Waals surface area contributed by atoms with E-state index in [2.05, 4.69) is 23.0 Å². The minimum absolute atomic E-state index is 0.240. The second kappa shape index (κ2) is 4.92. The van der Waals surface area contributed by atoms with Crippen LogP contribution in [0.2, 0.25) is 0 Å². The Morgan fingerprint density at radius 2 is 2.33 bits per heavy atom. The zero-order chi connectivity index (χ0) is 10.7. The van der Waals surface area contributed by atoms with Crippen molar-refractivity contribution in [2.24, 2.45) is 0 Å². The molecule has 2 aromatic rings. The van der Waals surface area contributed by atoms with E-state index in [1.165, 1.54) is 4.88 Å². The Morgan fingerprint density at radius 3 is 3.13 bits per heavy atom. The number of thiophene rings is 1. The van der Waals surface area contributed by atoms with Crippen LogP contribution in [0.25, 0.3) is 10.2 Å². The molecule has 0 spiro atoms. The summed E-state index contributed by atoms with van der Waals surface area (Å²) in [6.45, 7) is 2.32. The number of aliphatic hydroxyl groups is 1. The Morgan fingerprint density at radius 1 is 1.47 bits per heavy atom. The van der Waals surface area contributed by atoms with Gasteiger partial charge < -0.3 is 5.11 Å². The van der Waals surface area contributed by atoms with E-state index in [0.29, 0.717) is 0 Å². The maximum atomic E-state index is 8.72. The summed E-state index contributed by atoms with van der Waals surface area (Å²) in [6.07, 6.45) is 2.42. The third-order valence-electron chi connectivity index (χ3n) is 1.96. The van der Waals surface area contributed by atoms with Crippen molar-refractivity contribution >= 4 is 33.3 Å². The maximum Gasteiger partial charge on any atom is 0.128 e. The highest BCUT2D eigenvalue weighted by Gasteiger charge is 2.06. The molecule has 0 aliphatic carbocycles. The summed E-state index contributed by atoms with van der Waals surface area (Å²) in [5.41, 5.74) is 0. The van der Waals surface area contributed by atoms with Crippen molar-refractivity contribution in [3.8, 4) is 0 Å². The van der Waals surface area contributed by atoms with Gasteiger partial charge in [-0.3, -0.25) is 0 Å². The Bertz CT molecular complexity index is 456. The number of hydrogen-bond acceptors (Lipinski definition) is 5. The fourth-order valence-corrected chi connectivity index (χ4v) is 3.11. The van der Waals surface area contributed by atoms with Crippen molar-refractivity contribution in [2.75, 3.05) is 12.4 Å². The Kier molecular flexibility index (Phi) is 3.56. The summed E-state index contributed by atoms with van der Waals surface area (Å²) in [6, 6.07) is 2.13. The van der Waals surface area contributed by atoms with Crippen LogP contribution in [0.15, 0.2) is 17.4 Å². The molecule has 0 saturated carbocycles. The van der Waals surface area contributed by atoms with E-state index in [1.807, 2.05) is 0 Å². The van der Waals surface area contributed by atoms with Gasteiger partial charge in [0, 0.05) is 22.6 Å².